The number of likely N-dealkylation sites (tertiary alicyclic amines) is 1. The van der Waals surface area contributed by atoms with E-state index in [0.29, 0.717) is 5.69 Å². The van der Waals surface area contributed by atoms with Crippen molar-refractivity contribution in [2.75, 3.05) is 24.5 Å². The zero-order valence-corrected chi connectivity index (χ0v) is 13.6. The summed E-state index contributed by atoms with van der Waals surface area (Å²) >= 11 is 0. The maximum absolute atomic E-state index is 12.6. The van der Waals surface area contributed by atoms with Crippen LogP contribution in [0.25, 0.3) is 0 Å². The first kappa shape index (κ1) is 18.3. The monoisotopic (exact) mass is 342 g/mol. The predicted octanol–water partition coefficient (Wildman–Crippen LogP) is 3.46. The zero-order valence-electron chi connectivity index (χ0n) is 13.6. The van der Waals surface area contributed by atoms with Crippen LogP contribution in [0.15, 0.2) is 24.3 Å². The Morgan fingerprint density at radius 1 is 1.08 bits per heavy atom. The summed E-state index contributed by atoms with van der Waals surface area (Å²) in [5.74, 6) is -0.325. The summed E-state index contributed by atoms with van der Waals surface area (Å²) in [6.07, 6.45) is -1.15. The number of nitrogens with zero attached hydrogens (tertiary/aromatic N) is 2. The number of carbonyl (C=O) groups is 2. The van der Waals surface area contributed by atoms with Gasteiger partial charge in [0.2, 0.25) is 11.8 Å². The second-order valence-electron chi connectivity index (χ2n) is 5.91. The average molecular weight is 342 g/mol. The molecule has 1 aliphatic rings. The Balaban J connectivity index is 2.01. The molecule has 1 heterocycles. The maximum atomic E-state index is 12.6. The van der Waals surface area contributed by atoms with E-state index in [4.69, 9.17) is 0 Å². The number of benzene rings is 1. The van der Waals surface area contributed by atoms with Gasteiger partial charge in [-0.1, -0.05) is 0 Å². The maximum Gasteiger partial charge on any atom is 0.416 e. The fraction of sp³-hybridized carbons (Fsp3) is 0.529. The first-order chi connectivity index (χ1) is 11.3. The minimum Gasteiger partial charge on any atom is -0.343 e. The summed E-state index contributed by atoms with van der Waals surface area (Å²) in [7, 11) is 0. The van der Waals surface area contributed by atoms with Gasteiger partial charge in [0.25, 0.3) is 0 Å². The molecule has 1 aromatic rings. The fourth-order valence-corrected chi connectivity index (χ4v) is 2.81. The number of rotatable bonds is 4. The fourth-order valence-electron chi connectivity index (χ4n) is 2.81. The number of amides is 2. The summed E-state index contributed by atoms with van der Waals surface area (Å²) in [6, 6.07) is 4.40. The molecule has 0 radical (unpaired) electrons. The number of anilines is 1. The number of alkyl halides is 3. The highest BCUT2D eigenvalue weighted by atomic mass is 19.4. The molecule has 0 saturated carbocycles. The molecular weight excluding hydrogens is 321 g/mol. The van der Waals surface area contributed by atoms with Crippen LogP contribution in [0.3, 0.4) is 0 Å². The van der Waals surface area contributed by atoms with Crippen molar-refractivity contribution in [2.24, 2.45) is 0 Å². The van der Waals surface area contributed by atoms with Crippen molar-refractivity contribution in [3.05, 3.63) is 29.8 Å². The van der Waals surface area contributed by atoms with Gasteiger partial charge in [-0.25, -0.2) is 0 Å². The number of piperidine rings is 1. The molecule has 0 spiro atoms. The van der Waals surface area contributed by atoms with Gasteiger partial charge in [0.1, 0.15) is 0 Å². The van der Waals surface area contributed by atoms with Crippen molar-refractivity contribution in [1.82, 2.24) is 4.90 Å². The zero-order chi connectivity index (χ0) is 17.7. The standard InChI is InChI=1S/C17H21F3N2O2/c1-13(23)22(12-9-16(24)21-10-3-2-4-11-21)15-7-5-14(6-8-15)17(18,19)20/h5-8H,2-4,9-12H2,1H3. The number of hydrogen-bond donors (Lipinski definition) is 0. The van der Waals surface area contributed by atoms with E-state index in [0.717, 1.165) is 44.5 Å². The Bertz CT molecular complexity index is 578. The summed E-state index contributed by atoms with van der Waals surface area (Å²) < 4.78 is 37.8. The van der Waals surface area contributed by atoms with E-state index >= 15 is 0 Å². The van der Waals surface area contributed by atoms with Crippen LogP contribution >= 0.6 is 0 Å². The first-order valence-electron chi connectivity index (χ1n) is 8.02. The lowest BCUT2D eigenvalue weighted by molar-refractivity contribution is -0.137. The largest absolute Gasteiger partial charge is 0.416 e. The highest BCUT2D eigenvalue weighted by molar-refractivity contribution is 5.92. The molecule has 0 unspecified atom stereocenters. The molecule has 1 fully saturated rings. The molecule has 0 atom stereocenters. The van der Waals surface area contributed by atoms with Crippen LogP contribution in [0.2, 0.25) is 0 Å². The van der Waals surface area contributed by atoms with E-state index in [-0.39, 0.29) is 24.8 Å². The normalized spacial score (nSPS) is 15.2. The van der Waals surface area contributed by atoms with Gasteiger partial charge < -0.3 is 9.80 Å². The second kappa shape index (κ2) is 7.68. The Labute approximate surface area is 139 Å². The number of carbonyl (C=O) groups excluding carboxylic acids is 2. The topological polar surface area (TPSA) is 40.6 Å². The average Bonchev–Trinajstić information content (AvgIpc) is 2.55. The van der Waals surface area contributed by atoms with Gasteiger partial charge >= 0.3 is 6.18 Å². The van der Waals surface area contributed by atoms with Crippen molar-refractivity contribution in [1.29, 1.82) is 0 Å². The van der Waals surface area contributed by atoms with E-state index < -0.39 is 11.7 Å². The molecule has 0 N–H and O–H groups in total. The summed E-state index contributed by atoms with van der Waals surface area (Å²) in [6.45, 7) is 2.97. The van der Waals surface area contributed by atoms with E-state index in [9.17, 15) is 22.8 Å². The van der Waals surface area contributed by atoms with Crippen molar-refractivity contribution in [3.8, 4) is 0 Å². The molecule has 1 saturated heterocycles. The van der Waals surface area contributed by atoms with Crippen LogP contribution < -0.4 is 4.90 Å². The van der Waals surface area contributed by atoms with Crippen molar-refractivity contribution < 1.29 is 22.8 Å². The molecule has 4 nitrogen and oxygen atoms in total. The SMILES string of the molecule is CC(=O)N(CCC(=O)N1CCCCC1)c1ccc(C(F)(F)F)cc1. The van der Waals surface area contributed by atoms with E-state index in [1.165, 1.54) is 24.0 Å². The minimum atomic E-state index is -4.41. The van der Waals surface area contributed by atoms with E-state index in [2.05, 4.69) is 0 Å². The summed E-state index contributed by atoms with van der Waals surface area (Å²) in [5.41, 5.74) is -0.402. The van der Waals surface area contributed by atoms with Gasteiger partial charge in [-0.05, 0) is 43.5 Å². The van der Waals surface area contributed by atoms with Gasteiger partial charge in [-0.2, -0.15) is 13.2 Å². The van der Waals surface area contributed by atoms with Crippen molar-refractivity contribution >= 4 is 17.5 Å². The van der Waals surface area contributed by atoms with Crippen LogP contribution in [0.4, 0.5) is 18.9 Å². The molecule has 2 amide bonds. The second-order valence-corrected chi connectivity index (χ2v) is 5.91. The molecule has 7 heteroatoms. The molecule has 132 valence electrons. The predicted molar refractivity (Wildman–Crippen MR) is 84.5 cm³/mol. The van der Waals surface area contributed by atoms with Crippen molar-refractivity contribution in [3.63, 3.8) is 0 Å². The van der Waals surface area contributed by atoms with Gasteiger partial charge in [0.15, 0.2) is 0 Å². The Kier molecular flexibility index (Phi) is 5.85. The first-order valence-corrected chi connectivity index (χ1v) is 8.02. The lowest BCUT2D eigenvalue weighted by Crippen LogP contribution is -2.38. The van der Waals surface area contributed by atoms with Crippen molar-refractivity contribution in [2.45, 2.75) is 38.8 Å². The molecule has 0 bridgehead atoms. The highest BCUT2D eigenvalue weighted by Crippen LogP contribution is 2.30. The smallest absolute Gasteiger partial charge is 0.343 e. The Morgan fingerprint density at radius 3 is 2.17 bits per heavy atom. The molecule has 2 rings (SSSR count). The molecular formula is C17H21F3N2O2. The van der Waals surface area contributed by atoms with Gasteiger partial charge in [-0.15, -0.1) is 0 Å². The molecule has 24 heavy (non-hydrogen) atoms. The highest BCUT2D eigenvalue weighted by Gasteiger charge is 2.30. The van der Waals surface area contributed by atoms with Crippen LogP contribution in [0.5, 0.6) is 0 Å². The van der Waals surface area contributed by atoms with Gasteiger partial charge in [0, 0.05) is 38.7 Å². The molecule has 1 aliphatic heterocycles. The molecule has 0 aliphatic carbocycles. The lowest BCUT2D eigenvalue weighted by atomic mass is 10.1. The van der Waals surface area contributed by atoms with Crippen LogP contribution in [-0.4, -0.2) is 36.3 Å². The molecule has 1 aromatic carbocycles. The third kappa shape index (κ3) is 4.72. The van der Waals surface area contributed by atoms with Crippen LogP contribution in [-0.2, 0) is 15.8 Å². The Hall–Kier alpha value is -2.05. The number of halogens is 3. The van der Waals surface area contributed by atoms with E-state index in [1.54, 1.807) is 4.90 Å². The quantitative estimate of drug-likeness (QED) is 0.841. The number of hydrogen-bond acceptors (Lipinski definition) is 2. The van der Waals surface area contributed by atoms with Crippen LogP contribution in [0.1, 0.15) is 38.2 Å². The van der Waals surface area contributed by atoms with Gasteiger partial charge in [-0.3, -0.25) is 9.59 Å². The van der Waals surface area contributed by atoms with E-state index in [1.807, 2.05) is 0 Å². The summed E-state index contributed by atoms with van der Waals surface area (Å²) in [4.78, 5) is 27.1. The van der Waals surface area contributed by atoms with Gasteiger partial charge in [0.05, 0.1) is 5.56 Å². The third-order valence-electron chi connectivity index (χ3n) is 4.14. The molecule has 0 aromatic heterocycles. The third-order valence-corrected chi connectivity index (χ3v) is 4.14. The van der Waals surface area contributed by atoms with Crippen LogP contribution in [0, 0.1) is 0 Å². The summed E-state index contributed by atoms with van der Waals surface area (Å²) in [5, 5.41) is 0. The lowest BCUT2D eigenvalue weighted by Gasteiger charge is -2.28. The minimum absolute atomic E-state index is 0.0205. The Morgan fingerprint density at radius 2 is 1.67 bits per heavy atom.